The molecule has 1 aromatic rings. The van der Waals surface area contributed by atoms with Gasteiger partial charge in [-0.1, -0.05) is 25.8 Å². The predicted molar refractivity (Wildman–Crippen MR) is 118 cm³/mol. The molecule has 1 aliphatic carbocycles. The zero-order valence-electron chi connectivity index (χ0n) is 17.9. The van der Waals surface area contributed by atoms with Crippen LogP contribution in [0.3, 0.4) is 0 Å². The second-order valence-electron chi connectivity index (χ2n) is 8.55. The van der Waals surface area contributed by atoms with Gasteiger partial charge < -0.3 is 10.6 Å². The number of sulfonamides is 1. The number of hydrogen-bond acceptors (Lipinski definition) is 6. The number of carbonyl (C=O) groups excluding carboxylic acids is 3. The number of imide groups is 1. The van der Waals surface area contributed by atoms with Gasteiger partial charge in [0.05, 0.1) is 4.90 Å². The van der Waals surface area contributed by atoms with E-state index in [1.807, 2.05) is 6.92 Å². The Balaban J connectivity index is 1.43. The van der Waals surface area contributed by atoms with Gasteiger partial charge in [0, 0.05) is 18.7 Å². The van der Waals surface area contributed by atoms with Crippen LogP contribution in [0.15, 0.2) is 34.2 Å². The van der Waals surface area contributed by atoms with Gasteiger partial charge in [-0.3, -0.25) is 24.2 Å². The predicted octanol–water partition coefficient (Wildman–Crippen LogP) is 1.60. The Morgan fingerprint density at radius 2 is 2.09 bits per heavy atom. The number of urea groups is 1. The molecule has 32 heavy (non-hydrogen) atoms. The van der Waals surface area contributed by atoms with E-state index in [0.717, 1.165) is 30.6 Å². The van der Waals surface area contributed by atoms with Gasteiger partial charge in [0.15, 0.2) is 0 Å². The van der Waals surface area contributed by atoms with Crippen LogP contribution in [0.2, 0.25) is 0 Å². The van der Waals surface area contributed by atoms with Gasteiger partial charge in [0.2, 0.25) is 5.91 Å². The molecular formula is C21H27N5O5S. The Bertz CT molecular complexity index is 1090. The molecule has 4 rings (SSSR count). The van der Waals surface area contributed by atoms with Crippen LogP contribution in [-0.4, -0.2) is 55.6 Å². The zero-order valence-corrected chi connectivity index (χ0v) is 18.7. The summed E-state index contributed by atoms with van der Waals surface area (Å²) in [6, 6.07) is 5.22. The highest BCUT2D eigenvalue weighted by molar-refractivity contribution is 7.90. The van der Waals surface area contributed by atoms with E-state index in [1.54, 1.807) is 6.07 Å². The van der Waals surface area contributed by atoms with Crippen LogP contribution in [0, 0.1) is 5.92 Å². The number of amidine groups is 1. The fourth-order valence-electron chi connectivity index (χ4n) is 4.56. The van der Waals surface area contributed by atoms with Crippen molar-refractivity contribution in [2.45, 2.75) is 55.9 Å². The molecule has 3 aliphatic rings. The summed E-state index contributed by atoms with van der Waals surface area (Å²) < 4.78 is 27.6. The normalized spacial score (nSPS) is 25.6. The number of anilines is 1. The number of benzene rings is 1. The largest absolute Gasteiger partial charge is 0.325 e. The van der Waals surface area contributed by atoms with E-state index >= 15 is 0 Å². The molecule has 2 aliphatic heterocycles. The number of rotatable bonds is 5. The maximum Gasteiger partial charge on any atom is 0.325 e. The number of nitrogens with one attached hydrogen (secondary N) is 3. The maximum atomic E-state index is 13.0. The molecule has 3 N–H and O–H groups in total. The van der Waals surface area contributed by atoms with Gasteiger partial charge in [0.1, 0.15) is 17.9 Å². The minimum Gasteiger partial charge on any atom is -0.324 e. The SMILES string of the molecule is C[C@H]1CCCC[C@@]12NC(=O)N(CC(=O)Nc1cccc(S(=O)(=O)NC3=NCCC3)c1)C2=O. The van der Waals surface area contributed by atoms with Gasteiger partial charge in [-0.25, -0.2) is 13.2 Å². The molecule has 1 spiro atoms. The van der Waals surface area contributed by atoms with Crippen molar-refractivity contribution in [3.63, 3.8) is 0 Å². The Morgan fingerprint density at radius 1 is 1.28 bits per heavy atom. The Morgan fingerprint density at radius 3 is 2.81 bits per heavy atom. The molecule has 1 saturated heterocycles. The first-order chi connectivity index (χ1) is 15.2. The highest BCUT2D eigenvalue weighted by Crippen LogP contribution is 2.38. The lowest BCUT2D eigenvalue weighted by Gasteiger charge is -2.36. The number of hydrogen-bond donors (Lipinski definition) is 3. The first-order valence-electron chi connectivity index (χ1n) is 10.8. The van der Waals surface area contributed by atoms with Crippen molar-refractivity contribution < 1.29 is 22.8 Å². The molecule has 0 unspecified atom stereocenters. The molecule has 2 atom stereocenters. The molecule has 10 nitrogen and oxygen atoms in total. The molecule has 172 valence electrons. The van der Waals surface area contributed by atoms with Crippen LogP contribution < -0.4 is 15.4 Å². The molecule has 2 fully saturated rings. The highest BCUT2D eigenvalue weighted by Gasteiger charge is 2.55. The van der Waals surface area contributed by atoms with Crippen molar-refractivity contribution in [1.29, 1.82) is 0 Å². The van der Waals surface area contributed by atoms with E-state index in [0.29, 0.717) is 25.2 Å². The lowest BCUT2D eigenvalue weighted by molar-refractivity contribution is -0.136. The number of nitrogens with zero attached hydrogens (tertiary/aromatic N) is 2. The van der Waals surface area contributed by atoms with E-state index < -0.39 is 34.0 Å². The van der Waals surface area contributed by atoms with Gasteiger partial charge >= 0.3 is 6.03 Å². The standard InChI is InChI=1S/C21H27N5O5S/c1-14-6-2-3-10-21(14)19(28)26(20(29)24-21)13-18(27)23-15-7-4-8-16(12-15)32(30,31)25-17-9-5-11-22-17/h4,7-8,12,14H,2-3,5-6,9-11,13H2,1H3,(H,22,25)(H,23,27)(H,24,29)/t14-,21+/m0/s1. The first-order valence-corrected chi connectivity index (χ1v) is 12.3. The minimum absolute atomic E-state index is 0.000351. The van der Waals surface area contributed by atoms with E-state index in [9.17, 15) is 22.8 Å². The van der Waals surface area contributed by atoms with E-state index in [-0.39, 0.29) is 22.4 Å². The zero-order chi connectivity index (χ0) is 22.9. The molecule has 1 aromatic carbocycles. The maximum absolute atomic E-state index is 13.0. The average Bonchev–Trinajstić information content (AvgIpc) is 3.33. The quantitative estimate of drug-likeness (QED) is 0.572. The van der Waals surface area contributed by atoms with Crippen LogP contribution >= 0.6 is 0 Å². The highest BCUT2D eigenvalue weighted by atomic mass is 32.2. The third-order valence-corrected chi connectivity index (χ3v) is 7.74. The van der Waals surface area contributed by atoms with Gasteiger partial charge in [-0.05, 0) is 43.4 Å². The van der Waals surface area contributed by atoms with Crippen LogP contribution in [0.5, 0.6) is 0 Å². The molecule has 0 radical (unpaired) electrons. The van der Waals surface area contributed by atoms with Gasteiger partial charge in [-0.2, -0.15) is 0 Å². The number of amides is 4. The summed E-state index contributed by atoms with van der Waals surface area (Å²) in [6.07, 6.45) is 4.63. The van der Waals surface area contributed by atoms with Gasteiger partial charge in [0.25, 0.3) is 15.9 Å². The number of carbonyl (C=O) groups is 3. The van der Waals surface area contributed by atoms with Crippen molar-refractivity contribution in [2.24, 2.45) is 10.9 Å². The molecular weight excluding hydrogens is 434 g/mol. The van der Waals surface area contributed by atoms with Crippen molar-refractivity contribution >= 4 is 39.4 Å². The van der Waals surface area contributed by atoms with Crippen LogP contribution in [0.4, 0.5) is 10.5 Å². The fraction of sp³-hybridized carbons (Fsp3) is 0.524. The van der Waals surface area contributed by atoms with E-state index in [2.05, 4.69) is 20.3 Å². The van der Waals surface area contributed by atoms with Crippen molar-refractivity contribution in [3.05, 3.63) is 24.3 Å². The van der Waals surface area contributed by atoms with Crippen molar-refractivity contribution in [3.8, 4) is 0 Å². The first kappa shape index (κ1) is 22.3. The van der Waals surface area contributed by atoms with Crippen LogP contribution in [0.1, 0.15) is 45.4 Å². The van der Waals surface area contributed by atoms with Crippen molar-refractivity contribution in [1.82, 2.24) is 14.9 Å². The monoisotopic (exact) mass is 461 g/mol. The Hall–Kier alpha value is -2.95. The number of aliphatic imine (C=N–C) groups is 1. The van der Waals surface area contributed by atoms with E-state index in [4.69, 9.17) is 0 Å². The van der Waals surface area contributed by atoms with E-state index in [1.165, 1.54) is 18.2 Å². The summed E-state index contributed by atoms with van der Waals surface area (Å²) in [6.45, 7) is 2.10. The summed E-state index contributed by atoms with van der Waals surface area (Å²) in [7, 11) is -3.83. The third-order valence-electron chi connectivity index (χ3n) is 6.36. The molecule has 4 amide bonds. The molecule has 2 heterocycles. The minimum atomic E-state index is -3.83. The summed E-state index contributed by atoms with van der Waals surface area (Å²) >= 11 is 0. The average molecular weight is 462 g/mol. The summed E-state index contributed by atoms with van der Waals surface area (Å²) in [4.78, 5) is 43.1. The molecule has 11 heteroatoms. The lowest BCUT2D eigenvalue weighted by atomic mass is 9.73. The Labute approximate surface area is 186 Å². The fourth-order valence-corrected chi connectivity index (χ4v) is 5.70. The molecule has 1 saturated carbocycles. The second-order valence-corrected chi connectivity index (χ2v) is 10.2. The van der Waals surface area contributed by atoms with Gasteiger partial charge in [-0.15, -0.1) is 0 Å². The van der Waals surface area contributed by atoms with Crippen LogP contribution in [-0.2, 0) is 19.6 Å². The lowest BCUT2D eigenvalue weighted by Crippen LogP contribution is -2.54. The second kappa shape index (κ2) is 8.53. The third kappa shape index (κ3) is 4.21. The van der Waals surface area contributed by atoms with Crippen LogP contribution in [0.25, 0.3) is 0 Å². The summed E-state index contributed by atoms with van der Waals surface area (Å²) in [5.41, 5.74) is -0.683. The molecule has 0 bridgehead atoms. The smallest absolute Gasteiger partial charge is 0.324 e. The topological polar surface area (TPSA) is 137 Å². The van der Waals surface area contributed by atoms with Crippen molar-refractivity contribution in [2.75, 3.05) is 18.4 Å². The summed E-state index contributed by atoms with van der Waals surface area (Å²) in [5, 5.41) is 5.39. The Kier molecular flexibility index (Phi) is 5.93. The summed E-state index contributed by atoms with van der Waals surface area (Å²) in [5.74, 6) is -0.539. The molecule has 0 aromatic heterocycles.